The Morgan fingerprint density at radius 1 is 0.258 bits per heavy atom. The van der Waals surface area contributed by atoms with Gasteiger partial charge >= 0.3 is 0 Å². The summed E-state index contributed by atoms with van der Waals surface area (Å²) in [7, 11) is 0. The van der Waals surface area contributed by atoms with Crippen molar-refractivity contribution in [2.45, 2.75) is 0 Å². The van der Waals surface area contributed by atoms with Crippen molar-refractivity contribution in [3.05, 3.63) is 212 Å². The lowest BCUT2D eigenvalue weighted by molar-refractivity contribution is 0.670. The highest BCUT2D eigenvalue weighted by Gasteiger charge is 2.21. The molecule has 0 spiro atoms. The molecule has 0 aliphatic rings. The van der Waals surface area contributed by atoms with Crippen LogP contribution in [0, 0.1) is 0 Å². The summed E-state index contributed by atoms with van der Waals surface area (Å²) in [4.78, 5) is 15.4. The second-order valence-electron chi connectivity index (χ2n) is 15.5. The van der Waals surface area contributed by atoms with Crippen molar-refractivity contribution in [1.82, 2.24) is 15.0 Å². The molecule has 0 bridgehead atoms. The Labute approximate surface area is 357 Å². The molecule has 0 unspecified atom stereocenters. The summed E-state index contributed by atoms with van der Waals surface area (Å²) in [5, 5.41) is 4.26. The van der Waals surface area contributed by atoms with Gasteiger partial charge < -0.3 is 8.83 Å². The predicted molar refractivity (Wildman–Crippen MR) is 252 cm³/mol. The molecule has 0 N–H and O–H groups in total. The van der Waals surface area contributed by atoms with E-state index in [0.717, 1.165) is 105 Å². The molecule has 0 atom stereocenters. The van der Waals surface area contributed by atoms with Gasteiger partial charge in [0.25, 0.3) is 0 Å². The van der Waals surface area contributed by atoms with Gasteiger partial charge in [0.15, 0.2) is 17.5 Å². The molecule has 62 heavy (non-hydrogen) atoms. The normalized spacial score (nSPS) is 11.5. The Kier molecular flexibility index (Phi) is 8.42. The average molecular weight is 794 g/mol. The summed E-state index contributed by atoms with van der Waals surface area (Å²) < 4.78 is 13.7. The Morgan fingerprint density at radius 3 is 1.32 bits per heavy atom. The van der Waals surface area contributed by atoms with E-state index in [-0.39, 0.29) is 0 Å². The molecule has 12 aromatic rings. The van der Waals surface area contributed by atoms with Gasteiger partial charge in [-0.3, -0.25) is 0 Å². The summed E-state index contributed by atoms with van der Waals surface area (Å²) in [5.74, 6) is 1.76. The van der Waals surface area contributed by atoms with Crippen LogP contribution in [0.25, 0.3) is 123 Å². The molecule has 0 radical (unpaired) electrons. The van der Waals surface area contributed by atoms with E-state index in [2.05, 4.69) is 133 Å². The molecular weight excluding hydrogens is 759 g/mol. The van der Waals surface area contributed by atoms with E-state index in [1.807, 2.05) is 78.9 Å². The molecule has 0 saturated carbocycles. The Morgan fingerprint density at radius 2 is 0.710 bits per heavy atom. The maximum atomic E-state index is 7.06. The number of hydrogen-bond donors (Lipinski definition) is 0. The number of aromatic nitrogens is 3. The molecule has 0 aliphatic carbocycles. The van der Waals surface area contributed by atoms with Gasteiger partial charge in [0.1, 0.15) is 22.3 Å². The van der Waals surface area contributed by atoms with Crippen LogP contribution >= 0.6 is 0 Å². The van der Waals surface area contributed by atoms with Crippen LogP contribution in [-0.2, 0) is 0 Å². The third kappa shape index (κ3) is 6.14. The number of benzene rings is 9. The van der Waals surface area contributed by atoms with Gasteiger partial charge in [-0.15, -0.1) is 0 Å². The molecule has 5 nitrogen and oxygen atoms in total. The molecule has 3 aromatic heterocycles. The standard InChI is InChI=1S/C57H35N3O2/c1-5-17-36(18-6-1)40-34-49(37-19-7-2-8-20-37)52-48-29-16-27-45(54(48)62-51(52)35-40)42-31-41(44-26-15-28-47-46-25-13-14-30-50(46)61-53(44)47)32-43(33-42)57-59-55(38-21-9-3-10-22-38)58-56(60-57)39-23-11-4-12-24-39/h1-35H. The van der Waals surface area contributed by atoms with E-state index < -0.39 is 0 Å². The molecule has 0 fully saturated rings. The number of fused-ring (bicyclic) bond motifs is 6. The van der Waals surface area contributed by atoms with Gasteiger partial charge in [0, 0.05) is 49.4 Å². The molecule has 9 aromatic carbocycles. The van der Waals surface area contributed by atoms with E-state index >= 15 is 0 Å². The Bertz CT molecular complexity index is 3560. The van der Waals surface area contributed by atoms with Crippen LogP contribution in [0.1, 0.15) is 0 Å². The van der Waals surface area contributed by atoms with Crippen molar-refractivity contribution in [3.63, 3.8) is 0 Å². The Hall–Kier alpha value is -8.41. The van der Waals surface area contributed by atoms with Gasteiger partial charge in [-0.1, -0.05) is 176 Å². The van der Waals surface area contributed by atoms with E-state index in [1.54, 1.807) is 0 Å². The zero-order valence-corrected chi connectivity index (χ0v) is 33.4. The van der Waals surface area contributed by atoms with Crippen molar-refractivity contribution in [2.24, 2.45) is 0 Å². The van der Waals surface area contributed by atoms with E-state index in [0.29, 0.717) is 17.5 Å². The van der Waals surface area contributed by atoms with E-state index in [4.69, 9.17) is 23.8 Å². The first kappa shape index (κ1) is 35.5. The van der Waals surface area contributed by atoms with Crippen molar-refractivity contribution in [1.29, 1.82) is 0 Å². The van der Waals surface area contributed by atoms with Gasteiger partial charge in [0.05, 0.1) is 0 Å². The van der Waals surface area contributed by atoms with Crippen LogP contribution < -0.4 is 0 Å². The van der Waals surface area contributed by atoms with Crippen molar-refractivity contribution < 1.29 is 8.83 Å². The highest BCUT2D eigenvalue weighted by atomic mass is 16.3. The Balaban J connectivity index is 1.13. The number of para-hydroxylation sites is 3. The maximum Gasteiger partial charge on any atom is 0.164 e. The first-order valence-corrected chi connectivity index (χ1v) is 20.8. The maximum absolute atomic E-state index is 7.06. The third-order valence-corrected chi connectivity index (χ3v) is 11.7. The lowest BCUT2D eigenvalue weighted by Gasteiger charge is -2.13. The molecule has 0 saturated heterocycles. The summed E-state index contributed by atoms with van der Waals surface area (Å²) in [5.41, 5.74) is 14.3. The van der Waals surface area contributed by atoms with Crippen molar-refractivity contribution in [2.75, 3.05) is 0 Å². The predicted octanol–water partition coefficient (Wildman–Crippen LogP) is 15.3. The number of hydrogen-bond acceptors (Lipinski definition) is 5. The second kappa shape index (κ2) is 14.7. The molecule has 0 amide bonds. The zero-order chi connectivity index (χ0) is 41.0. The fraction of sp³-hybridized carbons (Fsp3) is 0. The fourth-order valence-corrected chi connectivity index (χ4v) is 8.78. The largest absolute Gasteiger partial charge is 0.455 e. The zero-order valence-electron chi connectivity index (χ0n) is 33.4. The lowest BCUT2D eigenvalue weighted by atomic mass is 9.92. The van der Waals surface area contributed by atoms with Crippen LogP contribution in [0.15, 0.2) is 221 Å². The monoisotopic (exact) mass is 793 g/mol. The average Bonchev–Trinajstić information content (AvgIpc) is 3.93. The van der Waals surface area contributed by atoms with Crippen LogP contribution in [0.5, 0.6) is 0 Å². The summed E-state index contributed by atoms with van der Waals surface area (Å²) in [6.45, 7) is 0. The van der Waals surface area contributed by atoms with Gasteiger partial charge in [0.2, 0.25) is 0 Å². The molecular formula is C57H35N3O2. The van der Waals surface area contributed by atoms with Crippen LogP contribution in [0.2, 0.25) is 0 Å². The summed E-state index contributed by atoms with van der Waals surface area (Å²) in [6, 6.07) is 73.3. The summed E-state index contributed by atoms with van der Waals surface area (Å²) in [6.07, 6.45) is 0. The fourth-order valence-electron chi connectivity index (χ4n) is 8.78. The topological polar surface area (TPSA) is 65.0 Å². The first-order chi connectivity index (χ1) is 30.7. The lowest BCUT2D eigenvalue weighted by Crippen LogP contribution is -2.00. The molecule has 5 heteroatoms. The van der Waals surface area contributed by atoms with Gasteiger partial charge in [-0.25, -0.2) is 15.0 Å². The smallest absolute Gasteiger partial charge is 0.164 e. The van der Waals surface area contributed by atoms with Gasteiger partial charge in [-0.05, 0) is 69.8 Å². The van der Waals surface area contributed by atoms with Crippen molar-refractivity contribution in [3.8, 4) is 78.7 Å². The van der Waals surface area contributed by atoms with Crippen LogP contribution in [-0.4, -0.2) is 15.0 Å². The molecule has 0 aliphatic heterocycles. The SMILES string of the molecule is c1ccc(-c2cc(-c3ccccc3)c3c(c2)oc2c(-c4cc(-c5nc(-c6ccccc6)nc(-c6ccccc6)n5)cc(-c5cccc6c5oc5ccccc56)c4)cccc23)cc1. The molecule has 290 valence electrons. The van der Waals surface area contributed by atoms with E-state index in [1.165, 1.54) is 0 Å². The molecule has 12 rings (SSSR count). The second-order valence-corrected chi connectivity index (χ2v) is 15.5. The minimum atomic E-state index is 0.563. The molecule has 3 heterocycles. The highest BCUT2D eigenvalue weighted by molar-refractivity contribution is 6.17. The first-order valence-electron chi connectivity index (χ1n) is 20.8. The minimum absolute atomic E-state index is 0.563. The number of furan rings is 2. The van der Waals surface area contributed by atoms with E-state index in [9.17, 15) is 0 Å². The third-order valence-electron chi connectivity index (χ3n) is 11.7. The number of rotatable bonds is 7. The van der Waals surface area contributed by atoms with Crippen molar-refractivity contribution >= 4 is 43.9 Å². The quantitative estimate of drug-likeness (QED) is 0.161. The van der Waals surface area contributed by atoms with Crippen LogP contribution in [0.4, 0.5) is 0 Å². The minimum Gasteiger partial charge on any atom is -0.455 e. The number of nitrogens with zero attached hydrogens (tertiary/aromatic N) is 3. The van der Waals surface area contributed by atoms with Crippen LogP contribution in [0.3, 0.4) is 0 Å². The summed E-state index contributed by atoms with van der Waals surface area (Å²) >= 11 is 0. The van der Waals surface area contributed by atoms with Gasteiger partial charge in [-0.2, -0.15) is 0 Å². The highest BCUT2D eigenvalue weighted by Crippen LogP contribution is 2.45.